The number of anilines is 1. The van der Waals surface area contributed by atoms with E-state index < -0.39 is 0 Å². The summed E-state index contributed by atoms with van der Waals surface area (Å²) in [6.45, 7) is 0. The zero-order valence-corrected chi connectivity index (χ0v) is 9.10. The van der Waals surface area contributed by atoms with Crippen LogP contribution in [0.3, 0.4) is 0 Å². The summed E-state index contributed by atoms with van der Waals surface area (Å²) in [5, 5.41) is 3.46. The van der Waals surface area contributed by atoms with E-state index in [0.29, 0.717) is 10.9 Å². The Labute approximate surface area is 89.3 Å². The molecule has 0 aliphatic rings. The molecule has 0 saturated heterocycles. The Morgan fingerprint density at radius 2 is 2.14 bits per heavy atom. The highest BCUT2D eigenvalue weighted by Gasteiger charge is 2.08. The molecule has 1 aromatic heterocycles. The smallest absolute Gasteiger partial charge is 0.134 e. The second-order valence-electron chi connectivity index (χ2n) is 2.86. The molecule has 0 unspecified atom stereocenters. The van der Waals surface area contributed by atoms with E-state index in [-0.39, 0.29) is 5.82 Å². The van der Waals surface area contributed by atoms with Crippen LogP contribution in [0, 0.1) is 5.82 Å². The van der Waals surface area contributed by atoms with Crippen LogP contribution in [-0.4, -0.2) is 12.0 Å². The number of aromatic nitrogens is 1. The molecule has 14 heavy (non-hydrogen) atoms. The summed E-state index contributed by atoms with van der Waals surface area (Å²) >= 11 is 3.34. The van der Waals surface area contributed by atoms with Crippen molar-refractivity contribution in [1.29, 1.82) is 0 Å². The lowest BCUT2D eigenvalue weighted by Crippen LogP contribution is -1.93. The zero-order chi connectivity index (χ0) is 10.1. The highest BCUT2D eigenvalue weighted by Crippen LogP contribution is 2.29. The molecule has 0 aliphatic carbocycles. The van der Waals surface area contributed by atoms with Crippen LogP contribution in [0.4, 0.5) is 10.1 Å². The van der Waals surface area contributed by atoms with Gasteiger partial charge in [-0.3, -0.25) is 4.98 Å². The van der Waals surface area contributed by atoms with Gasteiger partial charge in [0.25, 0.3) is 0 Å². The summed E-state index contributed by atoms with van der Waals surface area (Å²) in [6.07, 6.45) is 1.65. The van der Waals surface area contributed by atoms with Crippen LogP contribution in [0.5, 0.6) is 0 Å². The Morgan fingerprint density at radius 3 is 2.86 bits per heavy atom. The number of hydrogen-bond acceptors (Lipinski definition) is 2. The molecule has 0 amide bonds. The molecule has 0 fully saturated rings. The molecule has 0 saturated carbocycles. The maximum absolute atomic E-state index is 13.5. The van der Waals surface area contributed by atoms with Gasteiger partial charge in [0.15, 0.2) is 0 Å². The monoisotopic (exact) mass is 254 g/mol. The number of nitrogens with one attached hydrogen (secondary N) is 1. The van der Waals surface area contributed by atoms with E-state index >= 15 is 0 Å². The van der Waals surface area contributed by atoms with Crippen molar-refractivity contribution in [3.05, 3.63) is 34.7 Å². The summed E-state index contributed by atoms with van der Waals surface area (Å²) in [5.74, 6) is -0.263. The van der Waals surface area contributed by atoms with Gasteiger partial charge in [0, 0.05) is 23.4 Å². The van der Waals surface area contributed by atoms with E-state index in [1.165, 1.54) is 6.07 Å². The van der Waals surface area contributed by atoms with E-state index in [9.17, 15) is 4.39 Å². The molecule has 1 heterocycles. The fourth-order valence-corrected chi connectivity index (χ4v) is 1.83. The molecule has 0 aliphatic heterocycles. The third-order valence-electron chi connectivity index (χ3n) is 2.06. The first-order chi connectivity index (χ1) is 6.74. The summed E-state index contributed by atoms with van der Waals surface area (Å²) in [7, 11) is 1.76. The van der Waals surface area contributed by atoms with Gasteiger partial charge < -0.3 is 5.32 Å². The molecular formula is C10H8BrFN2. The van der Waals surface area contributed by atoms with Gasteiger partial charge in [0.1, 0.15) is 5.82 Å². The lowest BCUT2D eigenvalue weighted by atomic mass is 10.2. The van der Waals surface area contributed by atoms with Crippen LogP contribution in [0.2, 0.25) is 0 Å². The number of rotatable bonds is 1. The van der Waals surface area contributed by atoms with Gasteiger partial charge in [-0.05, 0) is 34.1 Å². The minimum absolute atomic E-state index is 0.263. The van der Waals surface area contributed by atoms with Crippen molar-refractivity contribution in [3.63, 3.8) is 0 Å². The number of halogens is 2. The van der Waals surface area contributed by atoms with E-state index in [0.717, 1.165) is 10.2 Å². The molecule has 1 aromatic carbocycles. The van der Waals surface area contributed by atoms with Crippen molar-refractivity contribution in [2.75, 3.05) is 12.4 Å². The molecule has 2 rings (SSSR count). The van der Waals surface area contributed by atoms with Gasteiger partial charge >= 0.3 is 0 Å². The second-order valence-corrected chi connectivity index (χ2v) is 3.72. The van der Waals surface area contributed by atoms with Crippen molar-refractivity contribution < 1.29 is 4.39 Å². The topological polar surface area (TPSA) is 24.9 Å². The maximum Gasteiger partial charge on any atom is 0.134 e. The summed E-state index contributed by atoms with van der Waals surface area (Å²) in [6, 6.07) is 4.83. The predicted octanol–water partition coefficient (Wildman–Crippen LogP) is 3.18. The molecule has 0 spiro atoms. The zero-order valence-electron chi connectivity index (χ0n) is 7.51. The van der Waals surface area contributed by atoms with Crippen LogP contribution in [0.1, 0.15) is 0 Å². The summed E-state index contributed by atoms with van der Waals surface area (Å²) < 4.78 is 14.3. The standard InChI is InChI=1S/C10H8BrFN2/c1-13-8-4-5-14-10-6(11)2-3-7(12)9(8)10/h2-5H,1H3,(H,13,14). The predicted molar refractivity (Wildman–Crippen MR) is 58.9 cm³/mol. The molecule has 1 N–H and O–H groups in total. The SMILES string of the molecule is CNc1ccnc2c(Br)ccc(F)c12. The number of fused-ring (bicyclic) bond motifs is 1. The maximum atomic E-state index is 13.5. The Kier molecular flexibility index (Phi) is 2.37. The largest absolute Gasteiger partial charge is 0.387 e. The Morgan fingerprint density at radius 1 is 1.36 bits per heavy atom. The van der Waals surface area contributed by atoms with Crippen LogP contribution in [0.15, 0.2) is 28.9 Å². The lowest BCUT2D eigenvalue weighted by Gasteiger charge is -2.06. The van der Waals surface area contributed by atoms with Crippen molar-refractivity contribution >= 4 is 32.5 Å². The van der Waals surface area contributed by atoms with Crippen molar-refractivity contribution in [3.8, 4) is 0 Å². The second kappa shape index (κ2) is 3.53. The number of nitrogens with zero attached hydrogens (tertiary/aromatic N) is 1. The molecule has 0 atom stereocenters. The minimum atomic E-state index is -0.263. The Hall–Kier alpha value is -1.16. The average Bonchev–Trinajstić information content (AvgIpc) is 2.23. The molecule has 2 nitrogen and oxygen atoms in total. The van der Waals surface area contributed by atoms with Gasteiger partial charge in [-0.25, -0.2) is 4.39 Å². The van der Waals surface area contributed by atoms with E-state index in [4.69, 9.17) is 0 Å². The summed E-state index contributed by atoms with van der Waals surface area (Å²) in [5.41, 5.74) is 1.38. The Balaban J connectivity index is 2.92. The first-order valence-corrected chi connectivity index (χ1v) is 4.94. The first kappa shape index (κ1) is 9.40. The minimum Gasteiger partial charge on any atom is -0.387 e. The molecule has 2 aromatic rings. The fourth-order valence-electron chi connectivity index (χ4n) is 1.40. The van der Waals surface area contributed by atoms with Crippen LogP contribution < -0.4 is 5.32 Å². The van der Waals surface area contributed by atoms with Gasteiger partial charge in [-0.1, -0.05) is 0 Å². The van der Waals surface area contributed by atoms with Crippen LogP contribution in [0.25, 0.3) is 10.9 Å². The van der Waals surface area contributed by atoms with Gasteiger partial charge in [-0.15, -0.1) is 0 Å². The lowest BCUT2D eigenvalue weighted by molar-refractivity contribution is 0.639. The first-order valence-electron chi connectivity index (χ1n) is 4.14. The van der Waals surface area contributed by atoms with Gasteiger partial charge in [0.05, 0.1) is 10.9 Å². The highest BCUT2D eigenvalue weighted by molar-refractivity contribution is 9.10. The number of pyridine rings is 1. The highest BCUT2D eigenvalue weighted by atomic mass is 79.9. The Bertz CT molecular complexity index is 485. The average molecular weight is 255 g/mol. The van der Waals surface area contributed by atoms with Gasteiger partial charge in [-0.2, -0.15) is 0 Å². The van der Waals surface area contributed by atoms with Crippen molar-refractivity contribution in [1.82, 2.24) is 4.98 Å². The molecule has 0 bridgehead atoms. The molecule has 4 heteroatoms. The molecule has 72 valence electrons. The quantitative estimate of drug-likeness (QED) is 0.846. The number of benzene rings is 1. The molecule has 0 radical (unpaired) electrons. The van der Waals surface area contributed by atoms with E-state index in [1.54, 1.807) is 25.4 Å². The van der Waals surface area contributed by atoms with Crippen molar-refractivity contribution in [2.45, 2.75) is 0 Å². The fraction of sp³-hybridized carbons (Fsp3) is 0.100. The van der Waals surface area contributed by atoms with Crippen molar-refractivity contribution in [2.24, 2.45) is 0 Å². The van der Waals surface area contributed by atoms with Crippen LogP contribution >= 0.6 is 15.9 Å². The third-order valence-corrected chi connectivity index (χ3v) is 2.70. The third kappa shape index (κ3) is 1.35. The molecular weight excluding hydrogens is 247 g/mol. The normalized spacial score (nSPS) is 10.5. The number of hydrogen-bond donors (Lipinski definition) is 1. The van der Waals surface area contributed by atoms with Gasteiger partial charge in [0.2, 0.25) is 0 Å². The van der Waals surface area contributed by atoms with Crippen LogP contribution in [-0.2, 0) is 0 Å². The summed E-state index contributed by atoms with van der Waals surface area (Å²) in [4.78, 5) is 4.12. The van der Waals surface area contributed by atoms with E-state index in [1.807, 2.05) is 0 Å². The van der Waals surface area contributed by atoms with E-state index in [2.05, 4.69) is 26.2 Å².